The molecule has 2 N–H and O–H groups in total. The molecule has 1 aromatic rings. The number of benzene rings is 1. The number of unbranched alkanes of at least 4 members (excludes halogenated alkanes) is 2. The smallest absolute Gasteiger partial charge is 0.303 e. The lowest BCUT2D eigenvalue weighted by atomic mass is 9.70. The van der Waals surface area contributed by atoms with Crippen molar-refractivity contribution in [3.63, 3.8) is 0 Å². The minimum absolute atomic E-state index is 0.0393. The fourth-order valence-corrected chi connectivity index (χ4v) is 5.97. The first-order valence-electron chi connectivity index (χ1n) is 12.6. The van der Waals surface area contributed by atoms with Gasteiger partial charge in [-0.15, -0.1) is 0 Å². The number of amides is 2. The van der Waals surface area contributed by atoms with Crippen molar-refractivity contribution < 1.29 is 29.3 Å². The Morgan fingerprint density at radius 3 is 2.69 bits per heavy atom. The van der Waals surface area contributed by atoms with Crippen molar-refractivity contribution in [2.75, 3.05) is 13.2 Å². The minimum Gasteiger partial charge on any atom is -0.508 e. The summed E-state index contributed by atoms with van der Waals surface area (Å²) < 4.78 is 6.19. The molecule has 2 heterocycles. The lowest BCUT2D eigenvalue weighted by molar-refractivity contribution is -0.141. The molecule has 2 amide bonds. The van der Waals surface area contributed by atoms with Crippen molar-refractivity contribution in [3.05, 3.63) is 46.5 Å². The number of carbonyl (C=O) groups is 3. The highest BCUT2D eigenvalue weighted by atomic mass is 16.5. The van der Waals surface area contributed by atoms with Crippen LogP contribution in [0.4, 0.5) is 0 Å². The number of hydrogen-bond donors (Lipinski definition) is 2. The molecular weight excluding hydrogens is 446 g/mol. The van der Waals surface area contributed by atoms with E-state index in [-0.39, 0.29) is 47.8 Å². The number of carboxylic acids is 1. The van der Waals surface area contributed by atoms with Crippen LogP contribution in [-0.4, -0.2) is 52.2 Å². The normalized spacial score (nSPS) is 26.3. The molecule has 3 aliphatic rings. The SMILES string of the molecule is CC1=C2[C@@H](CC/C(C)=C/c3cccc(O)c3)OC[C@@H]2[C@@H]2C(=O)N(CCCCCC(=O)O)C(=O)[C@@H]2C1. The van der Waals surface area contributed by atoms with Crippen LogP contribution in [0.3, 0.4) is 0 Å². The molecule has 2 saturated heterocycles. The third-order valence-electron chi connectivity index (χ3n) is 7.60. The Morgan fingerprint density at radius 2 is 1.94 bits per heavy atom. The van der Waals surface area contributed by atoms with Crippen LogP contribution >= 0.6 is 0 Å². The summed E-state index contributed by atoms with van der Waals surface area (Å²) in [5.41, 5.74) is 4.54. The van der Waals surface area contributed by atoms with Crippen LogP contribution in [0.25, 0.3) is 6.08 Å². The molecule has 2 aliphatic heterocycles. The fourth-order valence-electron chi connectivity index (χ4n) is 5.97. The summed E-state index contributed by atoms with van der Waals surface area (Å²) in [6.07, 6.45) is 6.28. The fraction of sp³-hybridized carbons (Fsp3) is 0.536. The number of hydrogen-bond acceptors (Lipinski definition) is 5. The lowest BCUT2D eigenvalue weighted by Crippen LogP contribution is -2.34. The molecule has 0 saturated carbocycles. The van der Waals surface area contributed by atoms with Gasteiger partial charge in [-0.25, -0.2) is 0 Å². The monoisotopic (exact) mass is 481 g/mol. The average molecular weight is 482 g/mol. The molecular formula is C28H35NO6. The van der Waals surface area contributed by atoms with Gasteiger partial charge in [-0.2, -0.15) is 0 Å². The summed E-state index contributed by atoms with van der Waals surface area (Å²) in [6.45, 7) is 4.98. The van der Waals surface area contributed by atoms with Crippen LogP contribution in [0.15, 0.2) is 41.0 Å². The summed E-state index contributed by atoms with van der Waals surface area (Å²) in [4.78, 5) is 38.5. The number of nitrogens with zero attached hydrogens (tertiary/aromatic N) is 1. The van der Waals surface area contributed by atoms with Crippen LogP contribution in [0.1, 0.15) is 64.4 Å². The van der Waals surface area contributed by atoms with E-state index in [1.54, 1.807) is 12.1 Å². The van der Waals surface area contributed by atoms with Crippen molar-refractivity contribution in [1.29, 1.82) is 0 Å². The molecule has 188 valence electrons. The lowest BCUT2D eigenvalue weighted by Gasteiger charge is -2.30. The summed E-state index contributed by atoms with van der Waals surface area (Å²) in [5, 5.41) is 18.5. The molecule has 1 aromatic carbocycles. The van der Waals surface area contributed by atoms with Crippen LogP contribution in [0.2, 0.25) is 0 Å². The average Bonchev–Trinajstić information content (AvgIpc) is 3.32. The van der Waals surface area contributed by atoms with Gasteiger partial charge in [0.2, 0.25) is 11.8 Å². The van der Waals surface area contributed by atoms with E-state index in [9.17, 15) is 19.5 Å². The van der Waals surface area contributed by atoms with E-state index >= 15 is 0 Å². The second-order valence-corrected chi connectivity index (χ2v) is 10.2. The topological polar surface area (TPSA) is 104 Å². The standard InChI is InChI=1S/C28H35NO6/c1-17(13-19-7-6-8-20(30)15-19)10-11-23-25-18(2)14-21-26(22(25)16-35-23)28(34)29(27(21)33)12-5-3-4-9-24(31)32/h6-8,13,15,21-23,26,30H,3-5,9-12,14,16H2,1-2H3,(H,31,32)/b17-13+/t21-,22+,23-,26-/m1/s1. The number of aromatic hydroxyl groups is 1. The van der Waals surface area contributed by atoms with E-state index in [1.165, 1.54) is 21.6 Å². The number of rotatable bonds is 10. The van der Waals surface area contributed by atoms with Gasteiger partial charge >= 0.3 is 5.97 Å². The van der Waals surface area contributed by atoms with E-state index in [1.807, 2.05) is 12.1 Å². The quantitative estimate of drug-likeness (QED) is 0.288. The van der Waals surface area contributed by atoms with Gasteiger partial charge < -0.3 is 14.9 Å². The largest absolute Gasteiger partial charge is 0.508 e. The first-order chi connectivity index (χ1) is 16.8. The zero-order chi connectivity index (χ0) is 25.1. The molecule has 4 atom stereocenters. The molecule has 2 fully saturated rings. The number of likely N-dealkylation sites (tertiary alicyclic amines) is 1. The van der Waals surface area contributed by atoms with Crippen molar-refractivity contribution in [3.8, 4) is 5.75 Å². The number of ether oxygens (including phenoxy) is 1. The molecule has 0 unspecified atom stereocenters. The second kappa shape index (κ2) is 10.8. The number of imide groups is 1. The highest BCUT2D eigenvalue weighted by Crippen LogP contribution is 2.49. The van der Waals surface area contributed by atoms with E-state index in [4.69, 9.17) is 9.84 Å². The maximum absolute atomic E-state index is 13.3. The molecule has 0 bridgehead atoms. The highest BCUT2D eigenvalue weighted by molar-refractivity contribution is 6.05. The van der Waals surface area contributed by atoms with Crippen molar-refractivity contribution >= 4 is 23.9 Å². The van der Waals surface area contributed by atoms with Crippen LogP contribution in [0, 0.1) is 17.8 Å². The third-order valence-corrected chi connectivity index (χ3v) is 7.60. The van der Waals surface area contributed by atoms with Crippen molar-refractivity contribution in [1.82, 2.24) is 4.90 Å². The number of allylic oxidation sites excluding steroid dienone is 2. The molecule has 4 rings (SSSR count). The first kappa shape index (κ1) is 25.2. The van der Waals surface area contributed by atoms with Gasteiger partial charge in [0.15, 0.2) is 0 Å². The van der Waals surface area contributed by atoms with Crippen molar-refractivity contribution in [2.24, 2.45) is 17.8 Å². The van der Waals surface area contributed by atoms with Crippen LogP contribution in [-0.2, 0) is 19.1 Å². The Kier molecular flexibility index (Phi) is 7.75. The zero-order valence-electron chi connectivity index (χ0n) is 20.5. The Morgan fingerprint density at radius 1 is 1.14 bits per heavy atom. The predicted molar refractivity (Wildman–Crippen MR) is 131 cm³/mol. The van der Waals surface area contributed by atoms with Crippen LogP contribution in [0.5, 0.6) is 5.75 Å². The summed E-state index contributed by atoms with van der Waals surface area (Å²) in [6, 6.07) is 7.17. The molecule has 35 heavy (non-hydrogen) atoms. The first-order valence-corrected chi connectivity index (χ1v) is 12.6. The van der Waals surface area contributed by atoms with Gasteiger partial charge in [-0.1, -0.05) is 35.8 Å². The third kappa shape index (κ3) is 5.50. The van der Waals surface area contributed by atoms with Crippen LogP contribution < -0.4 is 0 Å². The summed E-state index contributed by atoms with van der Waals surface area (Å²) >= 11 is 0. The van der Waals surface area contributed by atoms with E-state index < -0.39 is 5.97 Å². The molecule has 1 aliphatic carbocycles. The molecule has 0 aromatic heterocycles. The zero-order valence-corrected chi connectivity index (χ0v) is 20.5. The number of carbonyl (C=O) groups excluding carboxylic acids is 2. The van der Waals surface area contributed by atoms with Gasteiger partial charge in [0, 0.05) is 18.9 Å². The summed E-state index contributed by atoms with van der Waals surface area (Å²) in [5.74, 6) is -1.42. The van der Waals surface area contributed by atoms with E-state index in [0.717, 1.165) is 18.4 Å². The van der Waals surface area contributed by atoms with Gasteiger partial charge in [-0.05, 0) is 69.2 Å². The Hall–Kier alpha value is -2.93. The minimum atomic E-state index is -0.820. The van der Waals surface area contributed by atoms with Gasteiger partial charge in [-0.3, -0.25) is 19.3 Å². The Bertz CT molecular complexity index is 1060. The van der Waals surface area contributed by atoms with E-state index in [0.29, 0.717) is 38.8 Å². The number of aliphatic carboxylic acids is 1. The Labute approximate surface area is 206 Å². The second-order valence-electron chi connectivity index (χ2n) is 10.2. The molecule has 0 spiro atoms. The Balaban J connectivity index is 1.38. The van der Waals surface area contributed by atoms with Gasteiger partial charge in [0.25, 0.3) is 0 Å². The maximum Gasteiger partial charge on any atom is 0.303 e. The molecule has 7 nitrogen and oxygen atoms in total. The number of phenols is 1. The maximum atomic E-state index is 13.3. The number of fused-ring (bicyclic) bond motifs is 3. The predicted octanol–water partition coefficient (Wildman–Crippen LogP) is 4.56. The summed E-state index contributed by atoms with van der Waals surface area (Å²) in [7, 11) is 0. The van der Waals surface area contributed by atoms with Gasteiger partial charge in [0.1, 0.15) is 5.75 Å². The number of phenolic OH excluding ortho intramolecular Hbond substituents is 1. The molecule has 0 radical (unpaired) electrons. The highest BCUT2D eigenvalue weighted by Gasteiger charge is 2.56. The van der Waals surface area contributed by atoms with Crippen molar-refractivity contribution in [2.45, 2.75) is 64.9 Å². The number of carboxylic acid groups (broad SMARTS) is 1. The van der Waals surface area contributed by atoms with Gasteiger partial charge in [0.05, 0.1) is 24.5 Å². The molecule has 7 heteroatoms. The van der Waals surface area contributed by atoms with E-state index in [2.05, 4.69) is 19.9 Å².